The number of hydrogen-bond donors (Lipinski definition) is 0. The van der Waals surface area contributed by atoms with Crippen molar-refractivity contribution in [2.24, 2.45) is 0 Å². The molecular formula is C19H19F5N2O4S2. The third kappa shape index (κ3) is 5.31. The molecule has 2 heterocycles. The number of carbonyl (C=O) groups is 1. The molecule has 2 aromatic rings. The fourth-order valence-corrected chi connectivity index (χ4v) is 5.38. The standard InChI is InChI=1S/C19H19F5N2O4S2/c20-32(21,22,23,24)17-5-1-13(2-6-17)9-19(27)26(15-7-8-31(28,29)12-15)11-16-10-18(25-30-16)14-3-4-14/h1-2,5-8,10,14-15H,3-4,9,11-12H2. The van der Waals surface area contributed by atoms with E-state index in [4.69, 9.17) is 4.52 Å². The largest absolute Gasteiger partial charge is 0.359 e. The number of hydrogen-bond acceptors (Lipinski definition) is 5. The molecule has 4 rings (SSSR count). The number of aromatic nitrogens is 1. The average Bonchev–Trinajstić information content (AvgIpc) is 3.29. The molecule has 2 aliphatic rings. The van der Waals surface area contributed by atoms with Gasteiger partial charge in [-0.3, -0.25) is 4.79 Å². The van der Waals surface area contributed by atoms with Crippen LogP contribution in [-0.2, 0) is 27.6 Å². The molecule has 1 saturated carbocycles. The summed E-state index contributed by atoms with van der Waals surface area (Å²) in [5, 5.41) is 4.95. The highest BCUT2D eigenvalue weighted by Gasteiger charge is 2.65. The minimum absolute atomic E-state index is 0.0756. The van der Waals surface area contributed by atoms with E-state index in [2.05, 4.69) is 5.16 Å². The van der Waals surface area contributed by atoms with Crippen molar-refractivity contribution in [3.8, 4) is 0 Å². The lowest BCUT2D eigenvalue weighted by Gasteiger charge is -2.40. The Kier molecular flexibility index (Phi) is 4.84. The summed E-state index contributed by atoms with van der Waals surface area (Å²) in [6, 6.07) is 2.99. The molecule has 1 fully saturated rings. The molecule has 0 bridgehead atoms. The van der Waals surface area contributed by atoms with Crippen LogP contribution in [0.5, 0.6) is 0 Å². The molecule has 1 unspecified atom stereocenters. The predicted octanol–water partition coefficient (Wildman–Crippen LogP) is 5.09. The van der Waals surface area contributed by atoms with Crippen molar-refractivity contribution in [2.45, 2.75) is 42.7 Å². The van der Waals surface area contributed by atoms with Gasteiger partial charge in [0.25, 0.3) is 0 Å². The Morgan fingerprint density at radius 2 is 1.78 bits per heavy atom. The van der Waals surface area contributed by atoms with Gasteiger partial charge >= 0.3 is 10.2 Å². The molecule has 1 aliphatic carbocycles. The molecule has 1 aliphatic heterocycles. The maximum atomic E-state index is 12.9. The van der Waals surface area contributed by atoms with Crippen LogP contribution in [0.3, 0.4) is 0 Å². The van der Waals surface area contributed by atoms with Crippen molar-refractivity contribution in [2.75, 3.05) is 5.75 Å². The van der Waals surface area contributed by atoms with Gasteiger partial charge < -0.3 is 9.42 Å². The van der Waals surface area contributed by atoms with Gasteiger partial charge in [0.05, 0.1) is 30.5 Å². The molecule has 0 saturated heterocycles. The molecule has 1 amide bonds. The van der Waals surface area contributed by atoms with Crippen molar-refractivity contribution < 1.29 is 37.2 Å². The lowest BCUT2D eigenvalue weighted by Crippen LogP contribution is -2.41. The zero-order valence-corrected chi connectivity index (χ0v) is 18.1. The monoisotopic (exact) mass is 498 g/mol. The number of amides is 1. The van der Waals surface area contributed by atoms with E-state index in [-0.39, 0.29) is 30.0 Å². The van der Waals surface area contributed by atoms with E-state index >= 15 is 0 Å². The lowest BCUT2D eigenvalue weighted by atomic mass is 10.1. The van der Waals surface area contributed by atoms with Crippen LogP contribution in [0.25, 0.3) is 0 Å². The van der Waals surface area contributed by atoms with Gasteiger partial charge in [-0.05, 0) is 36.6 Å². The summed E-state index contributed by atoms with van der Waals surface area (Å²) in [7, 11) is -13.3. The topological polar surface area (TPSA) is 80.5 Å². The molecule has 0 spiro atoms. The number of halogens is 5. The average molecular weight is 498 g/mol. The Morgan fingerprint density at radius 3 is 2.31 bits per heavy atom. The normalized spacial score (nSPS) is 22.3. The Labute approximate surface area is 180 Å². The fraction of sp³-hybridized carbons (Fsp3) is 0.368. The van der Waals surface area contributed by atoms with Crippen molar-refractivity contribution >= 4 is 26.0 Å². The SMILES string of the molecule is O=C(Cc1ccc(S(F)(F)(F)(F)F)cc1)N(Cc1cc(C2CC2)no1)C1C=CS(=O)(=O)C1. The van der Waals surface area contributed by atoms with Crippen LogP contribution in [0, 0.1) is 0 Å². The molecule has 1 atom stereocenters. The maximum absolute atomic E-state index is 12.9. The highest BCUT2D eigenvalue weighted by Crippen LogP contribution is 3.02. The molecule has 1 aromatic heterocycles. The van der Waals surface area contributed by atoms with E-state index < -0.39 is 43.3 Å². The Morgan fingerprint density at radius 1 is 1.12 bits per heavy atom. The molecule has 176 valence electrons. The quantitative estimate of drug-likeness (QED) is 0.497. The summed E-state index contributed by atoms with van der Waals surface area (Å²) >= 11 is 0. The van der Waals surface area contributed by atoms with E-state index in [1.165, 1.54) is 11.0 Å². The first-order valence-corrected chi connectivity index (χ1v) is 13.3. The maximum Gasteiger partial charge on any atom is 0.310 e. The fourth-order valence-electron chi connectivity index (χ4n) is 3.43. The van der Waals surface area contributed by atoms with Gasteiger partial charge in [0.1, 0.15) is 4.90 Å². The first-order chi connectivity index (χ1) is 14.6. The number of rotatable bonds is 7. The second kappa shape index (κ2) is 6.80. The minimum atomic E-state index is -9.81. The predicted molar refractivity (Wildman–Crippen MR) is 107 cm³/mol. The summed E-state index contributed by atoms with van der Waals surface area (Å²) in [4.78, 5) is 12.1. The second-order valence-corrected chi connectivity index (χ2v) is 12.4. The zero-order valence-electron chi connectivity index (χ0n) is 16.5. The van der Waals surface area contributed by atoms with E-state index in [1.54, 1.807) is 6.07 Å². The number of nitrogens with zero attached hydrogens (tertiary/aromatic N) is 2. The van der Waals surface area contributed by atoms with Gasteiger partial charge in [0.2, 0.25) is 5.91 Å². The minimum Gasteiger partial charge on any atom is -0.359 e. The molecule has 32 heavy (non-hydrogen) atoms. The van der Waals surface area contributed by atoms with Gasteiger partial charge in [0, 0.05) is 17.4 Å². The van der Waals surface area contributed by atoms with Crippen LogP contribution in [0.1, 0.15) is 35.8 Å². The van der Waals surface area contributed by atoms with E-state index in [0.29, 0.717) is 11.7 Å². The molecule has 0 radical (unpaired) electrons. The second-order valence-electron chi connectivity index (χ2n) is 8.03. The summed E-state index contributed by atoms with van der Waals surface area (Å²) < 4.78 is 93.4. The molecule has 6 nitrogen and oxygen atoms in total. The van der Waals surface area contributed by atoms with Crippen molar-refractivity contribution in [3.05, 3.63) is 58.8 Å². The number of sulfone groups is 1. The Balaban J connectivity index is 1.54. The van der Waals surface area contributed by atoms with Crippen LogP contribution in [0.4, 0.5) is 19.4 Å². The van der Waals surface area contributed by atoms with E-state index in [9.17, 15) is 32.6 Å². The van der Waals surface area contributed by atoms with E-state index in [0.717, 1.165) is 36.1 Å². The van der Waals surface area contributed by atoms with Crippen LogP contribution < -0.4 is 0 Å². The van der Waals surface area contributed by atoms with Gasteiger partial charge in [-0.1, -0.05) is 36.7 Å². The number of carbonyl (C=O) groups excluding carboxylic acids is 1. The Bertz CT molecular complexity index is 1190. The Hall–Kier alpha value is -2.41. The first kappa shape index (κ1) is 22.8. The lowest BCUT2D eigenvalue weighted by molar-refractivity contribution is -0.132. The summed E-state index contributed by atoms with van der Waals surface area (Å²) in [6.07, 6.45) is 2.90. The summed E-state index contributed by atoms with van der Waals surface area (Å²) in [5.41, 5.74) is 0.820. The summed E-state index contributed by atoms with van der Waals surface area (Å²) in [5.74, 6) is -0.294. The molecular weight excluding hydrogens is 479 g/mol. The van der Waals surface area contributed by atoms with E-state index in [1.807, 2.05) is 0 Å². The molecule has 13 heteroatoms. The van der Waals surface area contributed by atoms with Gasteiger partial charge in [-0.2, -0.15) is 0 Å². The van der Waals surface area contributed by atoms with Crippen LogP contribution in [0.15, 0.2) is 51.2 Å². The van der Waals surface area contributed by atoms with Crippen LogP contribution >= 0.6 is 10.2 Å². The highest BCUT2D eigenvalue weighted by atomic mass is 32.5. The van der Waals surface area contributed by atoms with Crippen molar-refractivity contribution in [3.63, 3.8) is 0 Å². The van der Waals surface area contributed by atoms with Gasteiger partial charge in [-0.15, -0.1) is 0 Å². The van der Waals surface area contributed by atoms with Crippen LogP contribution in [0.2, 0.25) is 0 Å². The number of benzene rings is 1. The van der Waals surface area contributed by atoms with Crippen molar-refractivity contribution in [1.82, 2.24) is 10.1 Å². The highest BCUT2D eigenvalue weighted by molar-refractivity contribution is 8.45. The third-order valence-corrected chi connectivity index (χ3v) is 7.80. The van der Waals surface area contributed by atoms with Gasteiger partial charge in [-0.25, -0.2) is 8.42 Å². The third-order valence-electron chi connectivity index (χ3n) is 5.25. The smallest absolute Gasteiger partial charge is 0.310 e. The summed E-state index contributed by atoms with van der Waals surface area (Å²) in [6.45, 7) is -0.0906. The molecule has 0 N–H and O–H groups in total. The molecule has 1 aromatic carbocycles. The first-order valence-electron chi connectivity index (χ1n) is 9.59. The van der Waals surface area contributed by atoms with Crippen LogP contribution in [-0.4, -0.2) is 36.2 Å². The van der Waals surface area contributed by atoms with Crippen molar-refractivity contribution in [1.29, 1.82) is 0 Å². The zero-order chi connectivity index (χ0) is 23.4. The van der Waals surface area contributed by atoms with Gasteiger partial charge in [0.15, 0.2) is 15.6 Å².